The lowest BCUT2D eigenvalue weighted by atomic mass is 9.93. The maximum atomic E-state index is 12.8. The summed E-state index contributed by atoms with van der Waals surface area (Å²) in [6, 6.07) is 18.6. The Balaban J connectivity index is 1.08. The number of pyridine rings is 2. The first-order chi connectivity index (χ1) is 16.2. The SMILES string of the molecule is O=C(CCC1CCCN(Cc2ccc3ccccc3n2)C1)N1CCN(c2ccccn2)CC1. The Morgan fingerprint density at radius 2 is 1.79 bits per heavy atom. The van der Waals surface area contributed by atoms with Crippen LogP contribution in [0.2, 0.25) is 0 Å². The number of amides is 1. The van der Waals surface area contributed by atoms with Gasteiger partial charge in [-0.25, -0.2) is 4.98 Å². The van der Waals surface area contributed by atoms with Crippen molar-refractivity contribution >= 4 is 22.6 Å². The maximum Gasteiger partial charge on any atom is 0.222 e. The van der Waals surface area contributed by atoms with Crippen LogP contribution in [0.1, 0.15) is 31.4 Å². The van der Waals surface area contributed by atoms with E-state index < -0.39 is 0 Å². The third-order valence-corrected chi connectivity index (χ3v) is 7.02. The van der Waals surface area contributed by atoms with Crippen LogP contribution in [-0.2, 0) is 11.3 Å². The predicted molar refractivity (Wildman–Crippen MR) is 132 cm³/mol. The van der Waals surface area contributed by atoms with Crippen molar-refractivity contribution in [1.29, 1.82) is 0 Å². The number of carbonyl (C=O) groups excluding carboxylic acids is 1. The van der Waals surface area contributed by atoms with Crippen molar-refractivity contribution in [2.24, 2.45) is 5.92 Å². The number of anilines is 1. The molecule has 2 aromatic heterocycles. The van der Waals surface area contributed by atoms with Crippen molar-refractivity contribution in [2.45, 2.75) is 32.2 Å². The second-order valence-corrected chi connectivity index (χ2v) is 9.33. The molecule has 0 saturated carbocycles. The molecule has 6 nitrogen and oxygen atoms in total. The van der Waals surface area contributed by atoms with Gasteiger partial charge in [-0.05, 0) is 56.0 Å². The molecule has 1 unspecified atom stereocenters. The Bertz CT molecular complexity index is 1060. The minimum atomic E-state index is 0.309. The molecule has 0 bridgehead atoms. The number of para-hydroxylation sites is 1. The second-order valence-electron chi connectivity index (χ2n) is 9.33. The van der Waals surface area contributed by atoms with Gasteiger partial charge < -0.3 is 9.80 Å². The zero-order valence-electron chi connectivity index (χ0n) is 19.3. The van der Waals surface area contributed by atoms with E-state index in [4.69, 9.17) is 4.98 Å². The summed E-state index contributed by atoms with van der Waals surface area (Å²) in [4.78, 5) is 29.0. The summed E-state index contributed by atoms with van der Waals surface area (Å²) in [5.74, 6) is 1.91. The van der Waals surface area contributed by atoms with E-state index in [0.29, 0.717) is 18.2 Å². The molecule has 0 spiro atoms. The maximum absolute atomic E-state index is 12.8. The number of piperazine rings is 1. The Morgan fingerprint density at radius 3 is 2.64 bits per heavy atom. The summed E-state index contributed by atoms with van der Waals surface area (Å²) in [6.45, 7) is 6.38. The average molecular weight is 444 g/mol. The van der Waals surface area contributed by atoms with Gasteiger partial charge in [-0.3, -0.25) is 14.7 Å². The molecule has 4 heterocycles. The summed E-state index contributed by atoms with van der Waals surface area (Å²) in [5.41, 5.74) is 2.20. The van der Waals surface area contributed by atoms with Gasteiger partial charge in [-0.1, -0.05) is 30.3 Å². The lowest BCUT2D eigenvalue weighted by Gasteiger charge is -2.36. The molecule has 0 radical (unpaired) electrons. The van der Waals surface area contributed by atoms with Crippen LogP contribution in [0.5, 0.6) is 0 Å². The Morgan fingerprint density at radius 1 is 0.939 bits per heavy atom. The fourth-order valence-electron chi connectivity index (χ4n) is 5.17. The highest BCUT2D eigenvalue weighted by Crippen LogP contribution is 2.23. The van der Waals surface area contributed by atoms with Crippen LogP contribution in [0.25, 0.3) is 10.9 Å². The number of rotatable bonds is 6. The number of benzene rings is 1. The molecule has 2 aliphatic rings. The Kier molecular flexibility index (Phi) is 6.81. The number of aromatic nitrogens is 2. The standard InChI is InChI=1S/C27H33N5O/c33-27(32-18-16-31(17-19-32)26-9-3-4-14-28-26)13-10-22-6-5-15-30(20-22)21-24-12-11-23-7-1-2-8-25(23)29-24/h1-4,7-9,11-12,14,22H,5-6,10,13,15-21H2. The van der Waals surface area contributed by atoms with Crippen LogP contribution in [0, 0.1) is 5.92 Å². The fourth-order valence-corrected chi connectivity index (χ4v) is 5.17. The Labute approximate surface area is 196 Å². The summed E-state index contributed by atoms with van der Waals surface area (Å²) in [6.07, 6.45) is 5.91. The number of fused-ring (bicyclic) bond motifs is 1. The first kappa shape index (κ1) is 21.8. The van der Waals surface area contributed by atoms with Crippen LogP contribution in [-0.4, -0.2) is 64.9 Å². The average Bonchev–Trinajstić information content (AvgIpc) is 2.88. The predicted octanol–water partition coefficient (Wildman–Crippen LogP) is 3.97. The number of hydrogen-bond acceptors (Lipinski definition) is 5. The van der Waals surface area contributed by atoms with Gasteiger partial charge in [0.1, 0.15) is 5.82 Å². The Hall–Kier alpha value is -2.99. The molecule has 2 fully saturated rings. The summed E-state index contributed by atoms with van der Waals surface area (Å²) in [7, 11) is 0. The smallest absolute Gasteiger partial charge is 0.222 e. The summed E-state index contributed by atoms with van der Waals surface area (Å²) < 4.78 is 0. The van der Waals surface area contributed by atoms with Crippen molar-refractivity contribution < 1.29 is 4.79 Å². The minimum Gasteiger partial charge on any atom is -0.353 e. The zero-order valence-corrected chi connectivity index (χ0v) is 19.3. The normalized spacial score (nSPS) is 19.7. The molecule has 0 N–H and O–H groups in total. The molecule has 0 aliphatic carbocycles. The molecule has 3 aromatic rings. The van der Waals surface area contributed by atoms with E-state index in [-0.39, 0.29) is 0 Å². The number of carbonyl (C=O) groups is 1. The van der Waals surface area contributed by atoms with E-state index in [2.05, 4.69) is 45.1 Å². The molecule has 33 heavy (non-hydrogen) atoms. The first-order valence-electron chi connectivity index (χ1n) is 12.3. The topological polar surface area (TPSA) is 52.6 Å². The molecule has 6 heteroatoms. The van der Waals surface area contributed by atoms with Crippen molar-refractivity contribution in [3.8, 4) is 0 Å². The monoisotopic (exact) mass is 443 g/mol. The molecular formula is C27H33N5O. The van der Waals surface area contributed by atoms with Crippen molar-refractivity contribution in [3.05, 3.63) is 66.5 Å². The molecule has 1 amide bonds. The van der Waals surface area contributed by atoms with E-state index in [1.807, 2.05) is 35.4 Å². The highest BCUT2D eigenvalue weighted by molar-refractivity contribution is 5.78. The van der Waals surface area contributed by atoms with E-state index in [1.54, 1.807) is 0 Å². The van der Waals surface area contributed by atoms with E-state index >= 15 is 0 Å². The molecule has 1 atom stereocenters. The highest BCUT2D eigenvalue weighted by Gasteiger charge is 2.25. The minimum absolute atomic E-state index is 0.309. The molecule has 1 aromatic carbocycles. The molecular weight excluding hydrogens is 410 g/mol. The van der Waals surface area contributed by atoms with Crippen LogP contribution >= 0.6 is 0 Å². The van der Waals surface area contributed by atoms with E-state index in [9.17, 15) is 4.79 Å². The van der Waals surface area contributed by atoms with Crippen molar-refractivity contribution in [1.82, 2.24) is 19.8 Å². The largest absolute Gasteiger partial charge is 0.353 e. The van der Waals surface area contributed by atoms with E-state index in [0.717, 1.165) is 69.3 Å². The molecule has 2 saturated heterocycles. The van der Waals surface area contributed by atoms with E-state index in [1.165, 1.54) is 18.2 Å². The van der Waals surface area contributed by atoms with Gasteiger partial charge in [0.2, 0.25) is 5.91 Å². The lowest BCUT2D eigenvalue weighted by molar-refractivity contribution is -0.131. The number of nitrogens with zero attached hydrogens (tertiary/aromatic N) is 5. The van der Waals surface area contributed by atoms with Gasteiger partial charge in [0, 0.05) is 57.3 Å². The van der Waals surface area contributed by atoms with Gasteiger partial charge in [0.05, 0.1) is 11.2 Å². The molecule has 2 aliphatic heterocycles. The first-order valence-corrected chi connectivity index (χ1v) is 12.3. The number of piperidine rings is 1. The van der Waals surface area contributed by atoms with Gasteiger partial charge >= 0.3 is 0 Å². The second kappa shape index (κ2) is 10.3. The van der Waals surface area contributed by atoms with Crippen molar-refractivity contribution in [2.75, 3.05) is 44.2 Å². The molecule has 172 valence electrons. The quantitative estimate of drug-likeness (QED) is 0.577. The molecule has 5 rings (SSSR count). The van der Waals surface area contributed by atoms with Crippen LogP contribution in [0.4, 0.5) is 5.82 Å². The van der Waals surface area contributed by atoms with Crippen LogP contribution in [0.3, 0.4) is 0 Å². The zero-order chi connectivity index (χ0) is 22.5. The van der Waals surface area contributed by atoms with Gasteiger partial charge in [0.25, 0.3) is 0 Å². The highest BCUT2D eigenvalue weighted by atomic mass is 16.2. The fraction of sp³-hybridized carbons (Fsp3) is 0.444. The third-order valence-electron chi connectivity index (χ3n) is 7.02. The van der Waals surface area contributed by atoms with Crippen LogP contribution in [0.15, 0.2) is 60.8 Å². The van der Waals surface area contributed by atoms with Gasteiger partial charge in [-0.2, -0.15) is 0 Å². The van der Waals surface area contributed by atoms with Crippen LogP contribution < -0.4 is 4.90 Å². The van der Waals surface area contributed by atoms with Crippen molar-refractivity contribution in [3.63, 3.8) is 0 Å². The number of likely N-dealkylation sites (tertiary alicyclic amines) is 1. The van der Waals surface area contributed by atoms with Gasteiger partial charge in [0.15, 0.2) is 0 Å². The summed E-state index contributed by atoms with van der Waals surface area (Å²) in [5, 5.41) is 1.19. The number of hydrogen-bond donors (Lipinski definition) is 0. The summed E-state index contributed by atoms with van der Waals surface area (Å²) >= 11 is 0. The third kappa shape index (κ3) is 5.50. The van der Waals surface area contributed by atoms with Gasteiger partial charge in [-0.15, -0.1) is 0 Å². The lowest BCUT2D eigenvalue weighted by Crippen LogP contribution is -2.49.